The quantitative estimate of drug-likeness (QED) is 0.393. The number of methoxy groups -OCH3 is 1. The molecule has 4 aromatic rings. The Morgan fingerprint density at radius 2 is 1.97 bits per heavy atom. The van der Waals surface area contributed by atoms with E-state index in [9.17, 15) is 13.6 Å². The number of hydrogen-bond donors (Lipinski definition) is 1. The Kier molecular flexibility index (Phi) is 6.95. The largest absolute Gasteiger partial charge is 0.497 e. The van der Waals surface area contributed by atoms with E-state index in [2.05, 4.69) is 15.3 Å². The molecule has 1 aliphatic heterocycles. The lowest BCUT2D eigenvalue weighted by Crippen LogP contribution is -2.24. The summed E-state index contributed by atoms with van der Waals surface area (Å²) in [6.07, 6.45) is 5.82. The van der Waals surface area contributed by atoms with Gasteiger partial charge in [-0.2, -0.15) is 4.98 Å². The molecule has 1 fully saturated rings. The minimum absolute atomic E-state index is 0.209. The van der Waals surface area contributed by atoms with E-state index >= 15 is 0 Å². The summed E-state index contributed by atoms with van der Waals surface area (Å²) in [4.78, 5) is 22.6. The summed E-state index contributed by atoms with van der Waals surface area (Å²) in [6.45, 7) is 1.09. The van der Waals surface area contributed by atoms with Crippen molar-refractivity contribution in [3.05, 3.63) is 76.3 Å². The maximum absolute atomic E-state index is 14.4. The summed E-state index contributed by atoms with van der Waals surface area (Å²) in [5, 5.41) is 3.21. The molecule has 36 heavy (non-hydrogen) atoms. The molecule has 0 spiro atoms. The lowest BCUT2D eigenvalue weighted by atomic mass is 10.1. The van der Waals surface area contributed by atoms with Gasteiger partial charge in [-0.1, -0.05) is 12.1 Å². The molecule has 188 valence electrons. The second-order valence-corrected chi connectivity index (χ2v) is 8.71. The molecule has 2 aromatic heterocycles. The van der Waals surface area contributed by atoms with Crippen LogP contribution in [0.3, 0.4) is 0 Å². The van der Waals surface area contributed by atoms with Gasteiger partial charge in [0, 0.05) is 24.8 Å². The predicted molar refractivity (Wildman–Crippen MR) is 132 cm³/mol. The first-order valence-electron chi connectivity index (χ1n) is 12.0. The Morgan fingerprint density at radius 1 is 1.17 bits per heavy atom. The van der Waals surface area contributed by atoms with Gasteiger partial charge in [0.15, 0.2) is 5.65 Å². The number of rotatable bonds is 8. The molecule has 1 atom stereocenters. The number of fused-ring (bicyclic) bond motifs is 1. The number of nitrogens with one attached hydrogen (secondary N) is 1. The fourth-order valence-electron chi connectivity index (χ4n) is 4.48. The molecule has 0 amide bonds. The SMILES string of the molecule is COc1cccc(-n2c(=O)n(Cc3c(F)cccc3F)c3cnc(NCCC4CCCCO4)nc32)c1. The van der Waals surface area contributed by atoms with Crippen LogP contribution in [0.1, 0.15) is 31.2 Å². The lowest BCUT2D eigenvalue weighted by molar-refractivity contribution is 0.0134. The van der Waals surface area contributed by atoms with Gasteiger partial charge in [0.25, 0.3) is 0 Å². The zero-order valence-electron chi connectivity index (χ0n) is 19.9. The summed E-state index contributed by atoms with van der Waals surface area (Å²) in [5.74, 6) is -0.550. The normalized spacial score (nSPS) is 15.8. The number of hydrogen-bond acceptors (Lipinski definition) is 6. The van der Waals surface area contributed by atoms with E-state index in [1.807, 2.05) is 0 Å². The third-order valence-corrected chi connectivity index (χ3v) is 6.39. The van der Waals surface area contributed by atoms with Crippen molar-refractivity contribution >= 4 is 17.1 Å². The van der Waals surface area contributed by atoms with Crippen LogP contribution in [0.5, 0.6) is 5.75 Å². The second-order valence-electron chi connectivity index (χ2n) is 8.71. The van der Waals surface area contributed by atoms with Crippen LogP contribution in [-0.2, 0) is 11.3 Å². The summed E-state index contributed by atoms with van der Waals surface area (Å²) in [5.41, 5.74) is 0.474. The molecule has 10 heteroatoms. The van der Waals surface area contributed by atoms with Gasteiger partial charge in [0.2, 0.25) is 5.95 Å². The van der Waals surface area contributed by atoms with Crippen LogP contribution in [0.4, 0.5) is 14.7 Å². The first-order chi connectivity index (χ1) is 17.5. The Bertz CT molecular complexity index is 1410. The van der Waals surface area contributed by atoms with Crippen LogP contribution in [0.25, 0.3) is 16.9 Å². The highest BCUT2D eigenvalue weighted by atomic mass is 19.1. The van der Waals surface area contributed by atoms with Gasteiger partial charge in [-0.15, -0.1) is 0 Å². The van der Waals surface area contributed by atoms with Crippen LogP contribution in [0.2, 0.25) is 0 Å². The van der Waals surface area contributed by atoms with E-state index in [0.717, 1.165) is 32.3 Å². The van der Waals surface area contributed by atoms with Crippen LogP contribution < -0.4 is 15.7 Å². The van der Waals surface area contributed by atoms with Crippen molar-refractivity contribution in [2.45, 2.75) is 38.3 Å². The molecule has 1 N–H and O–H groups in total. The number of benzene rings is 2. The Hall–Kier alpha value is -3.79. The van der Waals surface area contributed by atoms with Crippen molar-refractivity contribution in [1.82, 2.24) is 19.1 Å². The topological polar surface area (TPSA) is 83.2 Å². The second kappa shape index (κ2) is 10.4. The van der Waals surface area contributed by atoms with Crippen LogP contribution in [0.15, 0.2) is 53.5 Å². The van der Waals surface area contributed by atoms with E-state index in [-0.39, 0.29) is 18.2 Å². The number of nitrogens with zero attached hydrogens (tertiary/aromatic N) is 4. The van der Waals surface area contributed by atoms with E-state index in [1.54, 1.807) is 24.3 Å². The van der Waals surface area contributed by atoms with E-state index in [0.29, 0.717) is 35.1 Å². The highest BCUT2D eigenvalue weighted by Gasteiger charge is 2.21. The number of ether oxygens (including phenoxy) is 2. The average Bonchev–Trinajstić information content (AvgIpc) is 3.17. The van der Waals surface area contributed by atoms with Gasteiger partial charge in [0.1, 0.15) is 22.9 Å². The summed E-state index contributed by atoms with van der Waals surface area (Å²) in [6, 6.07) is 10.6. The molecule has 1 aliphatic rings. The Labute approximate surface area is 206 Å². The van der Waals surface area contributed by atoms with Gasteiger partial charge in [-0.25, -0.2) is 23.1 Å². The monoisotopic (exact) mass is 495 g/mol. The standard InChI is InChI=1S/C26H27F2N5O3/c1-35-19-8-4-6-17(14-19)33-24-23(32(26(33)34)16-20-21(27)9-5-10-22(20)28)15-30-25(31-24)29-12-11-18-7-2-3-13-36-18/h4-6,8-10,14-15,18H,2-3,7,11-13,16H2,1H3,(H,29,30,31). The van der Waals surface area contributed by atoms with Crippen molar-refractivity contribution < 1.29 is 18.3 Å². The molecular weight excluding hydrogens is 468 g/mol. The third kappa shape index (κ3) is 4.81. The van der Waals surface area contributed by atoms with Crippen LogP contribution in [-0.4, -0.2) is 45.5 Å². The van der Waals surface area contributed by atoms with Gasteiger partial charge in [-0.3, -0.25) is 4.57 Å². The molecule has 1 unspecified atom stereocenters. The molecule has 8 nitrogen and oxygen atoms in total. The van der Waals surface area contributed by atoms with Crippen LogP contribution >= 0.6 is 0 Å². The van der Waals surface area contributed by atoms with E-state index in [4.69, 9.17) is 9.47 Å². The predicted octanol–water partition coefficient (Wildman–Crippen LogP) is 4.29. The maximum atomic E-state index is 14.4. The maximum Gasteiger partial charge on any atom is 0.335 e. The smallest absolute Gasteiger partial charge is 0.335 e. The highest BCUT2D eigenvalue weighted by molar-refractivity contribution is 5.74. The zero-order chi connectivity index (χ0) is 25.1. The summed E-state index contributed by atoms with van der Waals surface area (Å²) in [7, 11) is 1.53. The Morgan fingerprint density at radius 3 is 2.72 bits per heavy atom. The number of halogens is 2. The van der Waals surface area contributed by atoms with Crippen LogP contribution in [0, 0.1) is 11.6 Å². The summed E-state index contributed by atoms with van der Waals surface area (Å²) >= 11 is 0. The molecular formula is C26H27F2N5O3. The van der Waals surface area contributed by atoms with Crippen molar-refractivity contribution in [2.75, 3.05) is 25.6 Å². The first kappa shape index (κ1) is 23.9. The minimum atomic E-state index is -0.728. The molecule has 1 saturated heterocycles. The van der Waals surface area contributed by atoms with Gasteiger partial charge in [0.05, 0.1) is 31.6 Å². The van der Waals surface area contributed by atoms with E-state index in [1.165, 1.54) is 40.6 Å². The fourth-order valence-corrected chi connectivity index (χ4v) is 4.48. The molecule has 0 radical (unpaired) electrons. The number of anilines is 1. The van der Waals surface area contributed by atoms with Crippen molar-refractivity contribution in [3.63, 3.8) is 0 Å². The number of imidazole rings is 1. The molecule has 3 heterocycles. The van der Waals surface area contributed by atoms with E-state index < -0.39 is 17.3 Å². The molecule has 0 bridgehead atoms. The van der Waals surface area contributed by atoms with Crippen molar-refractivity contribution in [2.24, 2.45) is 0 Å². The first-order valence-corrected chi connectivity index (χ1v) is 12.0. The lowest BCUT2D eigenvalue weighted by Gasteiger charge is -2.22. The average molecular weight is 496 g/mol. The molecule has 5 rings (SSSR count). The van der Waals surface area contributed by atoms with Gasteiger partial charge in [-0.05, 0) is 49.9 Å². The fraction of sp³-hybridized carbons (Fsp3) is 0.346. The highest BCUT2D eigenvalue weighted by Crippen LogP contribution is 2.23. The van der Waals surface area contributed by atoms with Gasteiger partial charge < -0.3 is 14.8 Å². The molecule has 2 aromatic carbocycles. The Balaban J connectivity index is 1.54. The van der Waals surface area contributed by atoms with Gasteiger partial charge >= 0.3 is 5.69 Å². The summed E-state index contributed by atoms with van der Waals surface area (Å²) < 4.78 is 42.6. The molecule has 0 saturated carbocycles. The van der Waals surface area contributed by atoms with Crippen molar-refractivity contribution in [1.29, 1.82) is 0 Å². The molecule has 0 aliphatic carbocycles. The zero-order valence-corrected chi connectivity index (χ0v) is 19.9. The minimum Gasteiger partial charge on any atom is -0.497 e. The third-order valence-electron chi connectivity index (χ3n) is 6.39. The van der Waals surface area contributed by atoms with Crippen molar-refractivity contribution in [3.8, 4) is 11.4 Å². The number of aromatic nitrogens is 4.